The number of hydrogen-bond acceptors (Lipinski definition) is 3. The molecular formula is C20H42F3NO3S. The molecule has 8 heteroatoms. The van der Waals surface area contributed by atoms with Crippen molar-refractivity contribution in [3.05, 3.63) is 0 Å². The molecule has 0 spiro atoms. The summed E-state index contributed by atoms with van der Waals surface area (Å²) < 4.78 is 67.7. The van der Waals surface area contributed by atoms with Gasteiger partial charge in [-0.15, -0.1) is 0 Å². The molecule has 0 atom stereocenters. The predicted octanol–water partition coefficient (Wildman–Crippen LogP) is 5.88. The van der Waals surface area contributed by atoms with E-state index >= 15 is 0 Å². The number of hydrogen-bond donors (Lipinski definition) is 0. The second-order valence-corrected chi connectivity index (χ2v) is 8.94. The van der Waals surface area contributed by atoms with Gasteiger partial charge in [-0.3, -0.25) is 0 Å². The molecular weight excluding hydrogens is 391 g/mol. The van der Waals surface area contributed by atoms with Crippen molar-refractivity contribution in [3.8, 4) is 0 Å². The van der Waals surface area contributed by atoms with Crippen LogP contribution in [0.4, 0.5) is 13.2 Å². The van der Waals surface area contributed by atoms with Crippen LogP contribution < -0.4 is 0 Å². The van der Waals surface area contributed by atoms with Gasteiger partial charge >= 0.3 is 6.18 Å². The van der Waals surface area contributed by atoms with Crippen molar-refractivity contribution < 1.29 is 30.6 Å². The molecule has 172 valence electrons. The predicted molar refractivity (Wildman–Crippen MR) is 109 cm³/mol. The minimum Gasteiger partial charge on any atom is -0.748 e. The minimum absolute atomic E-state index is 0.199. The SMILES string of the molecule is CC[N+](CC)(CC)CC.O=S(=O)([O-])CCCCCCCCCCCC(F)(F)F. The van der Waals surface area contributed by atoms with Gasteiger partial charge in [0.15, 0.2) is 0 Å². The van der Waals surface area contributed by atoms with Crippen LogP contribution in [0, 0.1) is 0 Å². The Balaban J connectivity index is 0. The van der Waals surface area contributed by atoms with Crippen LogP contribution in [0.1, 0.15) is 91.9 Å². The smallest absolute Gasteiger partial charge is 0.389 e. The van der Waals surface area contributed by atoms with Gasteiger partial charge in [0.1, 0.15) is 0 Å². The summed E-state index contributed by atoms with van der Waals surface area (Å²) in [5, 5.41) is 0. The largest absolute Gasteiger partial charge is 0.748 e. The molecule has 0 aromatic heterocycles. The van der Waals surface area contributed by atoms with Crippen LogP contribution in [0.2, 0.25) is 0 Å². The van der Waals surface area contributed by atoms with Crippen LogP contribution in [0.3, 0.4) is 0 Å². The molecule has 0 unspecified atom stereocenters. The lowest BCUT2D eigenvalue weighted by molar-refractivity contribution is -0.921. The second kappa shape index (κ2) is 16.5. The highest BCUT2D eigenvalue weighted by Crippen LogP contribution is 2.23. The molecule has 0 aliphatic heterocycles. The maximum atomic E-state index is 11.8. The Kier molecular flexibility index (Phi) is 17.5. The van der Waals surface area contributed by atoms with Crippen LogP contribution in [0.25, 0.3) is 0 Å². The van der Waals surface area contributed by atoms with E-state index in [1.807, 2.05) is 0 Å². The Morgan fingerprint density at radius 1 is 0.679 bits per heavy atom. The highest BCUT2D eigenvalue weighted by molar-refractivity contribution is 7.85. The monoisotopic (exact) mass is 433 g/mol. The third-order valence-electron chi connectivity index (χ3n) is 5.54. The summed E-state index contributed by atoms with van der Waals surface area (Å²) in [6, 6.07) is 0. The van der Waals surface area contributed by atoms with Gasteiger partial charge in [0.05, 0.1) is 36.3 Å². The lowest BCUT2D eigenvalue weighted by Gasteiger charge is -2.34. The third kappa shape index (κ3) is 20.4. The number of quaternary nitrogens is 1. The summed E-state index contributed by atoms with van der Waals surface area (Å²) in [7, 11) is -4.09. The molecule has 0 aliphatic carbocycles. The van der Waals surface area contributed by atoms with E-state index in [0.717, 1.165) is 38.5 Å². The van der Waals surface area contributed by atoms with Gasteiger partial charge in [-0.05, 0) is 40.5 Å². The number of unbranched alkanes of at least 4 members (excludes halogenated alkanes) is 8. The lowest BCUT2D eigenvalue weighted by atomic mass is 10.1. The highest BCUT2D eigenvalue weighted by atomic mass is 32.2. The van der Waals surface area contributed by atoms with Crippen LogP contribution in [0.5, 0.6) is 0 Å². The topological polar surface area (TPSA) is 57.2 Å². The zero-order valence-corrected chi connectivity index (χ0v) is 19.1. The van der Waals surface area contributed by atoms with Gasteiger partial charge < -0.3 is 9.04 Å². The Bertz CT molecular complexity index is 433. The summed E-state index contributed by atoms with van der Waals surface area (Å²) in [6.07, 6.45) is 1.68. The fourth-order valence-electron chi connectivity index (χ4n) is 3.18. The number of nitrogens with zero attached hydrogens (tertiary/aromatic N) is 1. The average Bonchev–Trinajstić information content (AvgIpc) is 2.61. The molecule has 0 radical (unpaired) electrons. The van der Waals surface area contributed by atoms with Gasteiger partial charge in [0.2, 0.25) is 0 Å². The maximum absolute atomic E-state index is 11.8. The van der Waals surface area contributed by atoms with Gasteiger partial charge in [-0.25, -0.2) is 8.42 Å². The molecule has 0 heterocycles. The van der Waals surface area contributed by atoms with E-state index in [1.165, 1.54) is 30.7 Å². The maximum Gasteiger partial charge on any atom is 0.389 e. The van der Waals surface area contributed by atoms with Crippen molar-refractivity contribution in [3.63, 3.8) is 0 Å². The molecule has 0 fully saturated rings. The Morgan fingerprint density at radius 2 is 1.00 bits per heavy atom. The van der Waals surface area contributed by atoms with Crippen LogP contribution >= 0.6 is 0 Å². The van der Waals surface area contributed by atoms with Crippen LogP contribution in [-0.2, 0) is 10.1 Å². The zero-order chi connectivity index (χ0) is 22.1. The zero-order valence-electron chi connectivity index (χ0n) is 18.3. The number of rotatable bonds is 15. The van der Waals surface area contributed by atoms with E-state index in [0.29, 0.717) is 12.8 Å². The standard InChI is InChI=1S/C12H23F3O3S.C8H20N/c13-12(14,15)10-8-6-4-2-1-3-5-7-9-11-19(16,17)18;1-5-9(6-2,7-3)8-4/h1-11H2,(H,16,17,18);5-8H2,1-4H3/q;+1/p-1. The van der Waals surface area contributed by atoms with E-state index in [9.17, 15) is 26.1 Å². The molecule has 0 amide bonds. The molecule has 0 bridgehead atoms. The van der Waals surface area contributed by atoms with Crippen molar-refractivity contribution in [1.29, 1.82) is 0 Å². The summed E-state index contributed by atoms with van der Waals surface area (Å²) in [5.74, 6) is -0.301. The Morgan fingerprint density at radius 3 is 1.25 bits per heavy atom. The van der Waals surface area contributed by atoms with Crippen LogP contribution in [-0.4, -0.2) is 55.6 Å². The summed E-state index contributed by atoms with van der Waals surface area (Å²) in [5.41, 5.74) is 0. The van der Waals surface area contributed by atoms with Gasteiger partial charge in [0.25, 0.3) is 0 Å². The fourth-order valence-corrected chi connectivity index (χ4v) is 3.74. The molecule has 0 N–H and O–H groups in total. The van der Waals surface area contributed by atoms with E-state index in [4.69, 9.17) is 0 Å². The highest BCUT2D eigenvalue weighted by Gasteiger charge is 2.25. The van der Waals surface area contributed by atoms with Gasteiger partial charge in [0, 0.05) is 12.2 Å². The van der Waals surface area contributed by atoms with E-state index in [-0.39, 0.29) is 12.2 Å². The van der Waals surface area contributed by atoms with E-state index in [2.05, 4.69) is 27.7 Å². The minimum atomic E-state index is -4.09. The molecule has 4 nitrogen and oxygen atoms in total. The average molecular weight is 434 g/mol. The van der Waals surface area contributed by atoms with Crippen molar-refractivity contribution in [2.24, 2.45) is 0 Å². The van der Waals surface area contributed by atoms with Crippen LogP contribution in [0.15, 0.2) is 0 Å². The molecule has 0 rings (SSSR count). The molecule has 0 saturated heterocycles. The van der Waals surface area contributed by atoms with Crippen molar-refractivity contribution in [2.45, 2.75) is 98.1 Å². The molecule has 0 aromatic carbocycles. The van der Waals surface area contributed by atoms with Crippen molar-refractivity contribution >= 4 is 10.1 Å². The first-order valence-electron chi connectivity index (χ1n) is 10.8. The normalized spacial score (nSPS) is 12.6. The fraction of sp³-hybridized carbons (Fsp3) is 1.00. The molecule has 0 aliphatic rings. The Labute approximate surface area is 171 Å². The van der Waals surface area contributed by atoms with Crippen molar-refractivity contribution in [2.75, 3.05) is 31.9 Å². The first-order chi connectivity index (χ1) is 12.9. The van der Waals surface area contributed by atoms with E-state index in [1.54, 1.807) is 0 Å². The number of halogens is 3. The molecule has 28 heavy (non-hydrogen) atoms. The summed E-state index contributed by atoms with van der Waals surface area (Å²) in [4.78, 5) is 0. The number of alkyl halides is 3. The second-order valence-electron chi connectivity index (χ2n) is 7.42. The first kappa shape index (κ1) is 29.9. The quantitative estimate of drug-likeness (QED) is 0.184. The van der Waals surface area contributed by atoms with E-state index < -0.39 is 22.7 Å². The van der Waals surface area contributed by atoms with Gasteiger partial charge in [-0.1, -0.05) is 44.9 Å². The first-order valence-corrected chi connectivity index (χ1v) is 12.4. The third-order valence-corrected chi connectivity index (χ3v) is 6.33. The summed E-state index contributed by atoms with van der Waals surface area (Å²) >= 11 is 0. The van der Waals surface area contributed by atoms with Crippen molar-refractivity contribution in [1.82, 2.24) is 0 Å². The molecule has 0 saturated carbocycles. The Hall–Kier alpha value is -0.340. The molecule has 0 aromatic rings. The lowest BCUT2D eigenvalue weighted by Crippen LogP contribution is -2.47. The summed E-state index contributed by atoms with van der Waals surface area (Å²) in [6.45, 7) is 14.2. The van der Waals surface area contributed by atoms with Gasteiger partial charge in [-0.2, -0.15) is 13.2 Å².